The van der Waals surface area contributed by atoms with E-state index in [0.717, 1.165) is 5.56 Å². The minimum atomic E-state index is -0.687. The largest absolute Gasteiger partial charge is 0.459 e. The summed E-state index contributed by atoms with van der Waals surface area (Å²) in [7, 11) is 0. The van der Waals surface area contributed by atoms with Crippen molar-refractivity contribution in [3.05, 3.63) is 60.4 Å². The summed E-state index contributed by atoms with van der Waals surface area (Å²) >= 11 is 0. The van der Waals surface area contributed by atoms with Crippen molar-refractivity contribution in [2.75, 3.05) is 6.54 Å². The summed E-state index contributed by atoms with van der Waals surface area (Å²) < 4.78 is 15.7. The fourth-order valence-corrected chi connectivity index (χ4v) is 2.18. The Labute approximate surface area is 149 Å². The zero-order valence-corrected chi connectivity index (χ0v) is 14.0. The molecule has 0 bridgehead atoms. The number of nitrogens with one attached hydrogen (secondary N) is 1. The summed E-state index contributed by atoms with van der Waals surface area (Å²) in [5.74, 6) is -0.131. The molecule has 26 heavy (non-hydrogen) atoms. The van der Waals surface area contributed by atoms with Crippen LogP contribution in [0.2, 0.25) is 0 Å². The first-order valence-corrected chi connectivity index (χ1v) is 8.03. The first kappa shape index (κ1) is 17.4. The lowest BCUT2D eigenvalue weighted by molar-refractivity contribution is -0.149. The van der Waals surface area contributed by atoms with Crippen LogP contribution in [0.15, 0.2) is 57.6 Å². The number of carbonyl (C=O) groups excluding carboxylic acids is 2. The van der Waals surface area contributed by atoms with E-state index in [9.17, 15) is 9.59 Å². The number of hydrogen-bond acceptors (Lipinski definition) is 7. The predicted octanol–water partition coefficient (Wildman–Crippen LogP) is 2.75. The number of furan rings is 1. The molecule has 1 aromatic carbocycles. The first-order valence-electron chi connectivity index (χ1n) is 8.03. The highest BCUT2D eigenvalue weighted by atomic mass is 16.6. The van der Waals surface area contributed by atoms with Crippen LogP contribution in [0.5, 0.6) is 0 Å². The molecule has 0 fully saturated rings. The minimum Gasteiger partial charge on any atom is -0.459 e. The molecule has 0 aliphatic carbocycles. The third-order valence-corrected chi connectivity index (χ3v) is 3.48. The molecule has 0 aliphatic rings. The highest BCUT2D eigenvalue weighted by Gasteiger charge is 2.19. The van der Waals surface area contributed by atoms with Crippen LogP contribution in [0.3, 0.4) is 0 Å². The molecule has 0 saturated heterocycles. The number of ether oxygens (including phenoxy) is 1. The average Bonchev–Trinajstić information content (AvgIpc) is 3.34. The second-order valence-corrected chi connectivity index (χ2v) is 5.43. The second kappa shape index (κ2) is 8.11. The molecule has 3 aromatic rings. The van der Waals surface area contributed by atoms with Crippen molar-refractivity contribution in [2.24, 2.45) is 0 Å². The molecule has 0 spiro atoms. The lowest BCUT2D eigenvalue weighted by Crippen LogP contribution is -2.26. The Morgan fingerprint density at radius 2 is 1.96 bits per heavy atom. The second-order valence-electron chi connectivity index (χ2n) is 5.43. The molecular weight excluding hydrogens is 338 g/mol. The Morgan fingerprint density at radius 3 is 2.69 bits per heavy atom. The van der Waals surface area contributed by atoms with Gasteiger partial charge in [0.15, 0.2) is 11.9 Å². The normalized spacial score (nSPS) is 11.7. The topological polar surface area (TPSA) is 107 Å². The van der Waals surface area contributed by atoms with E-state index in [1.54, 1.807) is 13.0 Å². The number of rotatable bonds is 7. The van der Waals surface area contributed by atoms with Gasteiger partial charge in [-0.05, 0) is 31.2 Å². The van der Waals surface area contributed by atoms with Gasteiger partial charge in [0.2, 0.25) is 5.89 Å². The zero-order valence-electron chi connectivity index (χ0n) is 14.0. The van der Waals surface area contributed by atoms with Gasteiger partial charge in [-0.3, -0.25) is 9.59 Å². The van der Waals surface area contributed by atoms with Crippen LogP contribution in [0.25, 0.3) is 11.5 Å². The number of carbonyl (C=O) groups is 2. The summed E-state index contributed by atoms with van der Waals surface area (Å²) in [4.78, 5) is 23.6. The lowest BCUT2D eigenvalue weighted by atomic mass is 10.2. The van der Waals surface area contributed by atoms with E-state index < -0.39 is 12.1 Å². The molecule has 1 amide bonds. The molecular formula is C18H17N3O5. The third kappa shape index (κ3) is 4.35. The van der Waals surface area contributed by atoms with E-state index >= 15 is 0 Å². The molecule has 2 heterocycles. The summed E-state index contributed by atoms with van der Waals surface area (Å²) in [6.45, 7) is 1.77. The van der Waals surface area contributed by atoms with Gasteiger partial charge >= 0.3 is 5.97 Å². The van der Waals surface area contributed by atoms with Crippen LogP contribution in [0, 0.1) is 0 Å². The maximum atomic E-state index is 11.9. The maximum Gasteiger partial charge on any atom is 0.308 e. The Bertz CT molecular complexity index is 858. The van der Waals surface area contributed by atoms with Gasteiger partial charge in [0.05, 0.1) is 12.7 Å². The van der Waals surface area contributed by atoms with E-state index in [1.807, 2.05) is 30.3 Å². The van der Waals surface area contributed by atoms with Gasteiger partial charge in [0, 0.05) is 12.1 Å². The van der Waals surface area contributed by atoms with Crippen molar-refractivity contribution in [3.8, 4) is 11.5 Å². The SMILES string of the molecule is CC(OC(=O)CCNC(=O)c1ccco1)c1nnc(-c2ccccc2)o1. The average molecular weight is 355 g/mol. The molecule has 1 atom stereocenters. The molecule has 134 valence electrons. The molecule has 2 aromatic heterocycles. The fraction of sp³-hybridized carbons (Fsp3) is 0.222. The van der Waals surface area contributed by atoms with Gasteiger partial charge in [0.25, 0.3) is 11.8 Å². The summed E-state index contributed by atoms with van der Waals surface area (Å²) in [6, 6.07) is 12.4. The molecule has 0 saturated carbocycles. The minimum absolute atomic E-state index is 0.0104. The quantitative estimate of drug-likeness (QED) is 0.649. The van der Waals surface area contributed by atoms with E-state index in [-0.39, 0.29) is 30.5 Å². The van der Waals surface area contributed by atoms with Crippen LogP contribution < -0.4 is 5.32 Å². The Balaban J connectivity index is 1.47. The molecule has 8 nitrogen and oxygen atoms in total. The fourth-order valence-electron chi connectivity index (χ4n) is 2.18. The van der Waals surface area contributed by atoms with Crippen LogP contribution >= 0.6 is 0 Å². The van der Waals surface area contributed by atoms with Gasteiger partial charge in [-0.15, -0.1) is 10.2 Å². The van der Waals surface area contributed by atoms with Crippen LogP contribution in [0.4, 0.5) is 0 Å². The number of nitrogens with zero attached hydrogens (tertiary/aromatic N) is 2. The highest BCUT2D eigenvalue weighted by Crippen LogP contribution is 2.22. The van der Waals surface area contributed by atoms with E-state index in [4.69, 9.17) is 13.6 Å². The molecule has 1 unspecified atom stereocenters. The van der Waals surface area contributed by atoms with E-state index in [2.05, 4.69) is 15.5 Å². The Morgan fingerprint density at radius 1 is 1.15 bits per heavy atom. The van der Waals surface area contributed by atoms with Gasteiger partial charge in [-0.1, -0.05) is 18.2 Å². The highest BCUT2D eigenvalue weighted by molar-refractivity contribution is 5.91. The lowest BCUT2D eigenvalue weighted by Gasteiger charge is -2.09. The summed E-state index contributed by atoms with van der Waals surface area (Å²) in [6.07, 6.45) is 0.725. The monoisotopic (exact) mass is 355 g/mol. The van der Waals surface area contributed by atoms with Gasteiger partial charge < -0.3 is 18.9 Å². The van der Waals surface area contributed by atoms with E-state index in [0.29, 0.717) is 5.89 Å². The Kier molecular flexibility index (Phi) is 5.43. The molecule has 0 aliphatic heterocycles. The van der Waals surface area contributed by atoms with Crippen LogP contribution in [-0.2, 0) is 9.53 Å². The molecule has 1 N–H and O–H groups in total. The molecule has 3 rings (SSSR count). The smallest absolute Gasteiger partial charge is 0.308 e. The van der Waals surface area contributed by atoms with Gasteiger partial charge in [0.1, 0.15) is 0 Å². The maximum absolute atomic E-state index is 11.9. The number of aromatic nitrogens is 2. The number of amides is 1. The van der Waals surface area contributed by atoms with Crippen molar-refractivity contribution in [2.45, 2.75) is 19.4 Å². The van der Waals surface area contributed by atoms with Gasteiger partial charge in [-0.25, -0.2) is 0 Å². The van der Waals surface area contributed by atoms with Crippen molar-refractivity contribution in [3.63, 3.8) is 0 Å². The first-order chi connectivity index (χ1) is 12.6. The van der Waals surface area contributed by atoms with Crippen molar-refractivity contribution in [1.29, 1.82) is 0 Å². The number of esters is 1. The summed E-state index contributed by atoms with van der Waals surface area (Å²) in [5.41, 5.74) is 0.783. The van der Waals surface area contributed by atoms with Crippen LogP contribution in [0.1, 0.15) is 35.9 Å². The summed E-state index contributed by atoms with van der Waals surface area (Å²) in [5, 5.41) is 10.4. The number of benzene rings is 1. The van der Waals surface area contributed by atoms with Gasteiger partial charge in [-0.2, -0.15) is 0 Å². The predicted molar refractivity (Wildman–Crippen MR) is 89.9 cm³/mol. The van der Waals surface area contributed by atoms with Crippen LogP contribution in [-0.4, -0.2) is 28.6 Å². The van der Waals surface area contributed by atoms with Crippen molar-refractivity contribution < 1.29 is 23.2 Å². The standard InChI is InChI=1S/C18H17N3O5/c1-12(17-20-21-18(26-17)13-6-3-2-4-7-13)25-15(22)9-10-19-16(23)14-8-5-11-24-14/h2-8,11-12H,9-10H2,1H3,(H,19,23). The van der Waals surface area contributed by atoms with Crippen molar-refractivity contribution in [1.82, 2.24) is 15.5 Å². The third-order valence-electron chi connectivity index (χ3n) is 3.48. The molecule has 0 radical (unpaired) electrons. The molecule has 8 heteroatoms. The number of hydrogen-bond donors (Lipinski definition) is 1. The van der Waals surface area contributed by atoms with Crippen molar-refractivity contribution >= 4 is 11.9 Å². The van der Waals surface area contributed by atoms with E-state index in [1.165, 1.54) is 12.3 Å². The zero-order chi connectivity index (χ0) is 18.4. The Hall–Kier alpha value is -3.42.